The molecule has 0 aromatic heterocycles. The van der Waals surface area contributed by atoms with Crippen molar-refractivity contribution in [2.75, 3.05) is 24.3 Å². The van der Waals surface area contributed by atoms with Crippen LogP contribution in [0.1, 0.15) is 33.6 Å². The number of anilines is 2. The molecule has 0 aliphatic heterocycles. The van der Waals surface area contributed by atoms with Crippen molar-refractivity contribution in [3.8, 4) is 0 Å². The van der Waals surface area contributed by atoms with E-state index in [0.29, 0.717) is 30.8 Å². The standard InChI is InChI=1S/C17H27N3O3/c1-5-17(6-2,11-18)16(22)20-14-9-7-8-13(10-14)19-15(21)12(3)23-4/h7-10,12H,5-6,11,18H2,1-4H3,(H,19,21)(H,20,22). The lowest BCUT2D eigenvalue weighted by Gasteiger charge is -2.28. The Balaban J connectivity index is 2.85. The first-order chi connectivity index (χ1) is 10.9. The highest BCUT2D eigenvalue weighted by atomic mass is 16.5. The smallest absolute Gasteiger partial charge is 0.253 e. The summed E-state index contributed by atoms with van der Waals surface area (Å²) < 4.78 is 4.97. The van der Waals surface area contributed by atoms with Gasteiger partial charge in [0.05, 0.1) is 5.41 Å². The van der Waals surface area contributed by atoms with E-state index in [4.69, 9.17) is 10.5 Å². The van der Waals surface area contributed by atoms with Gasteiger partial charge in [0.1, 0.15) is 6.10 Å². The summed E-state index contributed by atoms with van der Waals surface area (Å²) in [7, 11) is 1.47. The average Bonchev–Trinajstić information content (AvgIpc) is 2.56. The van der Waals surface area contributed by atoms with Gasteiger partial charge in [-0.15, -0.1) is 0 Å². The molecule has 23 heavy (non-hydrogen) atoms. The maximum absolute atomic E-state index is 12.5. The summed E-state index contributed by atoms with van der Waals surface area (Å²) >= 11 is 0. The van der Waals surface area contributed by atoms with Crippen LogP contribution in [0.2, 0.25) is 0 Å². The number of hydrogen-bond acceptors (Lipinski definition) is 4. The van der Waals surface area contributed by atoms with Crippen molar-refractivity contribution in [1.82, 2.24) is 0 Å². The Kier molecular flexibility index (Phi) is 7.19. The molecular weight excluding hydrogens is 294 g/mol. The van der Waals surface area contributed by atoms with Gasteiger partial charge in [0.2, 0.25) is 5.91 Å². The zero-order chi connectivity index (χ0) is 17.5. The lowest BCUT2D eigenvalue weighted by molar-refractivity contribution is -0.125. The van der Waals surface area contributed by atoms with Crippen molar-refractivity contribution in [2.45, 2.75) is 39.7 Å². The molecule has 0 spiro atoms. The number of ether oxygens (including phenoxy) is 1. The first kappa shape index (κ1) is 19.1. The summed E-state index contributed by atoms with van der Waals surface area (Å²) in [4.78, 5) is 24.4. The molecule has 0 saturated heterocycles. The maximum atomic E-state index is 12.5. The van der Waals surface area contributed by atoms with Crippen LogP contribution in [0, 0.1) is 5.41 Å². The van der Waals surface area contributed by atoms with E-state index < -0.39 is 11.5 Å². The average molecular weight is 321 g/mol. The predicted octanol–water partition coefficient (Wildman–Crippen LogP) is 2.36. The van der Waals surface area contributed by atoms with Gasteiger partial charge in [-0.1, -0.05) is 19.9 Å². The van der Waals surface area contributed by atoms with Crippen LogP contribution in [0.3, 0.4) is 0 Å². The molecule has 6 heteroatoms. The number of methoxy groups -OCH3 is 1. The topological polar surface area (TPSA) is 93.5 Å². The third kappa shape index (κ3) is 4.77. The van der Waals surface area contributed by atoms with Crippen LogP contribution in [0.25, 0.3) is 0 Å². The zero-order valence-electron chi connectivity index (χ0n) is 14.3. The minimum absolute atomic E-state index is 0.0984. The van der Waals surface area contributed by atoms with E-state index in [2.05, 4.69) is 10.6 Å². The highest BCUT2D eigenvalue weighted by Crippen LogP contribution is 2.27. The minimum atomic E-state index is -0.566. The van der Waals surface area contributed by atoms with Gasteiger partial charge < -0.3 is 21.1 Å². The van der Waals surface area contributed by atoms with Crippen molar-refractivity contribution in [3.63, 3.8) is 0 Å². The first-order valence-corrected chi connectivity index (χ1v) is 7.87. The van der Waals surface area contributed by atoms with Crippen LogP contribution >= 0.6 is 0 Å². The van der Waals surface area contributed by atoms with E-state index in [-0.39, 0.29) is 11.8 Å². The highest BCUT2D eigenvalue weighted by Gasteiger charge is 2.33. The van der Waals surface area contributed by atoms with Crippen LogP contribution in [0.15, 0.2) is 24.3 Å². The van der Waals surface area contributed by atoms with E-state index in [1.54, 1.807) is 31.2 Å². The largest absolute Gasteiger partial charge is 0.372 e. The number of benzene rings is 1. The number of nitrogens with two attached hydrogens (primary N) is 1. The summed E-state index contributed by atoms with van der Waals surface area (Å²) in [5.41, 5.74) is 6.45. The van der Waals surface area contributed by atoms with Crippen LogP contribution in [-0.4, -0.2) is 31.6 Å². The molecule has 0 bridgehead atoms. The van der Waals surface area contributed by atoms with E-state index in [1.807, 2.05) is 13.8 Å². The second-order valence-electron chi connectivity index (χ2n) is 5.59. The van der Waals surface area contributed by atoms with Crippen molar-refractivity contribution in [3.05, 3.63) is 24.3 Å². The van der Waals surface area contributed by atoms with E-state index >= 15 is 0 Å². The third-order valence-electron chi connectivity index (χ3n) is 4.34. The van der Waals surface area contributed by atoms with Gasteiger partial charge in [0.25, 0.3) is 5.91 Å². The van der Waals surface area contributed by atoms with E-state index in [9.17, 15) is 9.59 Å². The van der Waals surface area contributed by atoms with Crippen molar-refractivity contribution in [1.29, 1.82) is 0 Å². The molecule has 0 saturated carbocycles. The fourth-order valence-electron chi connectivity index (χ4n) is 2.24. The molecule has 1 aromatic rings. The highest BCUT2D eigenvalue weighted by molar-refractivity contribution is 5.97. The van der Waals surface area contributed by atoms with Gasteiger partial charge in [0.15, 0.2) is 0 Å². The van der Waals surface area contributed by atoms with E-state index in [0.717, 1.165) is 0 Å². The maximum Gasteiger partial charge on any atom is 0.253 e. The van der Waals surface area contributed by atoms with Gasteiger partial charge in [0, 0.05) is 25.0 Å². The summed E-state index contributed by atoms with van der Waals surface area (Å²) in [5.74, 6) is -0.340. The summed E-state index contributed by atoms with van der Waals surface area (Å²) in [5, 5.41) is 5.64. The quantitative estimate of drug-likeness (QED) is 0.685. The zero-order valence-corrected chi connectivity index (χ0v) is 14.3. The molecule has 0 fully saturated rings. The van der Waals surface area contributed by atoms with Gasteiger partial charge in [-0.05, 0) is 38.0 Å². The van der Waals surface area contributed by atoms with Crippen LogP contribution in [0.4, 0.5) is 11.4 Å². The fraction of sp³-hybridized carbons (Fsp3) is 0.529. The molecule has 0 radical (unpaired) electrons. The molecule has 128 valence electrons. The first-order valence-electron chi connectivity index (χ1n) is 7.87. The molecule has 0 aliphatic rings. The molecule has 1 rings (SSSR count). The van der Waals surface area contributed by atoms with Crippen LogP contribution in [-0.2, 0) is 14.3 Å². The van der Waals surface area contributed by atoms with E-state index in [1.165, 1.54) is 7.11 Å². The molecule has 1 aromatic carbocycles. The number of nitrogens with one attached hydrogen (secondary N) is 2. The minimum Gasteiger partial charge on any atom is -0.372 e. The summed E-state index contributed by atoms with van der Waals surface area (Å²) in [6.45, 7) is 5.88. The lowest BCUT2D eigenvalue weighted by Crippen LogP contribution is -2.41. The predicted molar refractivity (Wildman–Crippen MR) is 92.2 cm³/mol. The summed E-state index contributed by atoms with van der Waals surface area (Å²) in [6, 6.07) is 7.02. The molecule has 0 heterocycles. The Morgan fingerprint density at radius 1 is 1.22 bits per heavy atom. The fourth-order valence-corrected chi connectivity index (χ4v) is 2.24. The summed E-state index contributed by atoms with van der Waals surface area (Å²) in [6.07, 6.45) is 0.805. The Morgan fingerprint density at radius 2 is 1.78 bits per heavy atom. The Morgan fingerprint density at radius 3 is 2.26 bits per heavy atom. The molecule has 6 nitrogen and oxygen atoms in total. The number of rotatable bonds is 8. The van der Waals surface area contributed by atoms with Crippen LogP contribution in [0.5, 0.6) is 0 Å². The number of amides is 2. The molecule has 1 unspecified atom stereocenters. The van der Waals surface area contributed by atoms with Gasteiger partial charge in [-0.3, -0.25) is 9.59 Å². The Hall–Kier alpha value is -1.92. The monoisotopic (exact) mass is 321 g/mol. The second kappa shape index (κ2) is 8.64. The number of carbonyl (C=O) groups excluding carboxylic acids is 2. The molecule has 4 N–H and O–H groups in total. The van der Waals surface area contributed by atoms with Crippen molar-refractivity contribution < 1.29 is 14.3 Å². The normalized spacial score (nSPS) is 12.6. The van der Waals surface area contributed by atoms with Crippen molar-refractivity contribution in [2.24, 2.45) is 11.1 Å². The Labute approximate surface area is 137 Å². The van der Waals surface area contributed by atoms with Crippen LogP contribution < -0.4 is 16.4 Å². The Bertz CT molecular complexity index is 533. The van der Waals surface area contributed by atoms with Gasteiger partial charge in [-0.2, -0.15) is 0 Å². The van der Waals surface area contributed by atoms with Gasteiger partial charge in [-0.25, -0.2) is 0 Å². The molecule has 0 aliphatic carbocycles. The molecule has 1 atom stereocenters. The molecule has 2 amide bonds. The third-order valence-corrected chi connectivity index (χ3v) is 4.34. The SMILES string of the molecule is CCC(CC)(CN)C(=O)Nc1cccc(NC(=O)C(C)OC)c1. The number of carbonyl (C=O) groups is 2. The number of hydrogen-bond donors (Lipinski definition) is 3. The lowest BCUT2D eigenvalue weighted by atomic mass is 9.81. The van der Waals surface area contributed by atoms with Gasteiger partial charge >= 0.3 is 0 Å². The van der Waals surface area contributed by atoms with Crippen molar-refractivity contribution >= 4 is 23.2 Å². The second-order valence-corrected chi connectivity index (χ2v) is 5.59. The molecular formula is C17H27N3O3.